The third-order valence-electron chi connectivity index (χ3n) is 5.83. The van der Waals surface area contributed by atoms with E-state index in [4.69, 9.17) is 0 Å². The van der Waals surface area contributed by atoms with Gasteiger partial charge in [0.25, 0.3) is 0 Å². The van der Waals surface area contributed by atoms with Gasteiger partial charge in [-0.3, -0.25) is 0 Å². The Balaban J connectivity index is 0.00000506. The van der Waals surface area contributed by atoms with E-state index >= 15 is 0 Å². The molecule has 3 aromatic rings. The largest absolute Gasteiger partial charge is 1.00 e. The molecular formula is C22H14N4Na4O12S4. The van der Waals surface area contributed by atoms with Crippen LogP contribution >= 0.6 is 0 Å². The van der Waals surface area contributed by atoms with Gasteiger partial charge in [0.05, 0.1) is 21.2 Å². The van der Waals surface area contributed by atoms with E-state index in [1.165, 1.54) is 36.4 Å². The van der Waals surface area contributed by atoms with Gasteiger partial charge in [0.2, 0.25) is 0 Å². The molecule has 0 fully saturated rings. The van der Waals surface area contributed by atoms with Crippen LogP contribution in [0.3, 0.4) is 0 Å². The molecule has 0 aliphatic heterocycles. The van der Waals surface area contributed by atoms with E-state index < -0.39 is 72.0 Å². The summed E-state index contributed by atoms with van der Waals surface area (Å²) >= 11 is 0. The topological polar surface area (TPSA) is 278 Å². The monoisotopic (exact) mass is 746 g/mol. The Bertz CT molecular complexity index is 2090. The van der Waals surface area contributed by atoms with Gasteiger partial charge in [0.15, 0.2) is 4.08 Å². The van der Waals surface area contributed by atoms with E-state index in [-0.39, 0.29) is 141 Å². The molecule has 0 N–H and O–H groups in total. The second-order valence-corrected chi connectivity index (χ2v) is 14.8. The molecule has 0 aromatic heterocycles. The molecule has 46 heavy (non-hydrogen) atoms. The first-order valence-electron chi connectivity index (χ1n) is 11.0. The number of hydrogen-bond donors (Lipinski definition) is 0. The first-order valence-corrected chi connectivity index (χ1v) is 16.7. The molecule has 0 saturated carbocycles. The third-order valence-corrected chi connectivity index (χ3v) is 10.9. The molecule has 0 atom stereocenters. The second-order valence-electron chi connectivity index (χ2n) is 8.54. The minimum absolute atomic E-state index is 0. The van der Waals surface area contributed by atoms with Crippen molar-refractivity contribution in [3.05, 3.63) is 83.9 Å². The van der Waals surface area contributed by atoms with Crippen LogP contribution in [0.15, 0.2) is 103 Å². The van der Waals surface area contributed by atoms with Crippen LogP contribution in [-0.4, -0.2) is 56.0 Å². The van der Waals surface area contributed by atoms with E-state index in [2.05, 4.69) is 20.5 Å². The molecular weight excluding hydrogens is 732 g/mol. The summed E-state index contributed by atoms with van der Waals surface area (Å²) in [6.07, 6.45) is -0.996. The van der Waals surface area contributed by atoms with Gasteiger partial charge in [-0.05, 0) is 60.2 Å². The van der Waals surface area contributed by atoms with Crippen LogP contribution in [0.25, 0.3) is 5.70 Å². The van der Waals surface area contributed by atoms with E-state index in [0.717, 1.165) is 24.3 Å². The van der Waals surface area contributed by atoms with Gasteiger partial charge in [0.1, 0.15) is 51.8 Å². The van der Waals surface area contributed by atoms with Gasteiger partial charge in [-0.2, -0.15) is 10.2 Å². The molecule has 0 bridgehead atoms. The maximum atomic E-state index is 12.1. The number of rotatable bonds is 8. The summed E-state index contributed by atoms with van der Waals surface area (Å²) in [6, 6.07) is 12.6. The first kappa shape index (κ1) is 46.2. The fourth-order valence-corrected chi connectivity index (χ4v) is 6.95. The molecule has 222 valence electrons. The summed E-state index contributed by atoms with van der Waals surface area (Å²) in [7, 11) is -21.7. The van der Waals surface area contributed by atoms with E-state index in [1.807, 2.05) is 0 Å². The first-order chi connectivity index (χ1) is 19.3. The Hall–Kier alpha value is 0.240. The summed E-state index contributed by atoms with van der Waals surface area (Å²) in [5, 5.41) is 15.6. The van der Waals surface area contributed by atoms with Crippen molar-refractivity contribution < 1.29 is 170 Å². The van der Waals surface area contributed by atoms with Gasteiger partial charge >= 0.3 is 118 Å². The van der Waals surface area contributed by atoms with Crippen molar-refractivity contribution in [2.24, 2.45) is 20.5 Å². The standard InChI is InChI=1S/C22H18N4O12S4.4Na/c27-39(28,29)16-7-5-15(6-8-16)23-24-19-3-1-2-4-20(19)25-26-21-13-22(41(33,34)35,42(36,37)38)12-14-11-17(40(30,31)32)9-10-18(14)21;;;;/h1-11,13H,12H2,(H,27,28,29)(H,30,31,32)(H,33,34,35)(H,36,37,38);;;;/q;4*+1/p-4. The average Bonchev–Trinajstić information content (AvgIpc) is 2.88. The Morgan fingerprint density at radius 1 is 0.565 bits per heavy atom. The zero-order valence-electron chi connectivity index (χ0n) is 24.5. The molecule has 1 aliphatic carbocycles. The van der Waals surface area contributed by atoms with Crippen LogP contribution in [0.1, 0.15) is 11.1 Å². The number of azo groups is 2. The second kappa shape index (κ2) is 17.4. The SMILES string of the molecule is O=S(=O)([O-])c1ccc(N=Nc2ccccc2N=NC2=CC(S(=O)(=O)[O-])(S(=O)(=O)[O-])Cc3cc(S(=O)(=O)[O-])ccc32)cc1.[Na+].[Na+].[Na+].[Na+]. The van der Waals surface area contributed by atoms with E-state index in [1.54, 1.807) is 0 Å². The number of hydrogen-bond acceptors (Lipinski definition) is 16. The van der Waals surface area contributed by atoms with Crippen LogP contribution in [-0.2, 0) is 46.9 Å². The van der Waals surface area contributed by atoms with Crippen molar-refractivity contribution in [2.75, 3.05) is 0 Å². The van der Waals surface area contributed by atoms with Gasteiger partial charge in [-0.25, -0.2) is 33.7 Å². The Kier molecular flexibility index (Phi) is 17.5. The molecule has 0 unspecified atom stereocenters. The minimum atomic E-state index is -5.96. The van der Waals surface area contributed by atoms with Crippen LogP contribution in [0.5, 0.6) is 0 Å². The molecule has 0 saturated heterocycles. The molecule has 16 nitrogen and oxygen atoms in total. The normalized spacial score (nSPS) is 14.6. The fraction of sp³-hybridized carbons (Fsp3) is 0.0909. The Labute approximate surface area is 352 Å². The van der Waals surface area contributed by atoms with Gasteiger partial charge in [0, 0.05) is 12.0 Å². The third kappa shape index (κ3) is 10.6. The maximum absolute atomic E-state index is 12.1. The predicted octanol–water partition coefficient (Wildman–Crippen LogP) is -9.61. The summed E-state index contributed by atoms with van der Waals surface area (Å²) in [5.41, 5.74) is -1.09. The van der Waals surface area contributed by atoms with Crippen molar-refractivity contribution in [3.63, 3.8) is 0 Å². The maximum Gasteiger partial charge on any atom is 1.00 e. The molecule has 3 aromatic carbocycles. The van der Waals surface area contributed by atoms with Crippen molar-refractivity contribution in [3.8, 4) is 0 Å². The summed E-state index contributed by atoms with van der Waals surface area (Å²) in [5.74, 6) is 0. The van der Waals surface area contributed by atoms with Crippen LogP contribution in [0.4, 0.5) is 17.1 Å². The zero-order chi connectivity index (χ0) is 31.1. The molecule has 0 radical (unpaired) electrons. The van der Waals surface area contributed by atoms with Crippen molar-refractivity contribution in [2.45, 2.75) is 20.3 Å². The van der Waals surface area contributed by atoms with Gasteiger partial charge < -0.3 is 18.2 Å². The van der Waals surface area contributed by atoms with Gasteiger partial charge in [-0.15, -0.1) is 10.2 Å². The minimum Gasteiger partial charge on any atom is -0.747 e. The smallest absolute Gasteiger partial charge is 0.747 e. The molecule has 24 heteroatoms. The number of nitrogens with zero attached hydrogens (tertiary/aromatic N) is 4. The number of benzene rings is 3. The molecule has 0 amide bonds. The summed E-state index contributed by atoms with van der Waals surface area (Å²) < 4.78 is 137. The van der Waals surface area contributed by atoms with Crippen molar-refractivity contribution in [1.29, 1.82) is 0 Å². The zero-order valence-corrected chi connectivity index (χ0v) is 35.7. The fourth-order valence-electron chi connectivity index (χ4n) is 3.79. The average molecular weight is 747 g/mol. The summed E-state index contributed by atoms with van der Waals surface area (Å²) in [4.78, 5) is -1.38. The van der Waals surface area contributed by atoms with Gasteiger partial charge in [-0.1, -0.05) is 18.2 Å². The van der Waals surface area contributed by atoms with Crippen molar-refractivity contribution >= 4 is 63.2 Å². The van der Waals surface area contributed by atoms with E-state index in [9.17, 15) is 51.9 Å². The van der Waals surface area contributed by atoms with Crippen LogP contribution < -0.4 is 118 Å². The summed E-state index contributed by atoms with van der Waals surface area (Å²) in [6.45, 7) is 0. The predicted molar refractivity (Wildman–Crippen MR) is 138 cm³/mol. The molecule has 4 rings (SSSR count). The number of fused-ring (bicyclic) bond motifs is 1. The van der Waals surface area contributed by atoms with Crippen LogP contribution in [0, 0.1) is 0 Å². The van der Waals surface area contributed by atoms with E-state index in [0.29, 0.717) is 12.1 Å². The quantitative estimate of drug-likeness (QED) is 0.118. The molecule has 0 spiro atoms. The molecule has 1 aliphatic rings. The van der Waals surface area contributed by atoms with Crippen LogP contribution in [0.2, 0.25) is 0 Å². The van der Waals surface area contributed by atoms with Crippen molar-refractivity contribution in [1.82, 2.24) is 0 Å². The Morgan fingerprint density at radius 3 is 1.48 bits per heavy atom. The Morgan fingerprint density at radius 2 is 1.02 bits per heavy atom. The molecule has 0 heterocycles.